The van der Waals surface area contributed by atoms with Crippen molar-refractivity contribution in [3.05, 3.63) is 63.1 Å². The van der Waals surface area contributed by atoms with Gasteiger partial charge in [0.05, 0.1) is 5.56 Å². The Hall–Kier alpha value is -2.58. The maximum atomic E-state index is 12.7. The molecule has 3 N–H and O–H groups in total. The van der Waals surface area contributed by atoms with Crippen LogP contribution in [0, 0.1) is 0 Å². The highest BCUT2D eigenvalue weighted by atomic mass is 79.9. The molecule has 7 nitrogen and oxygen atoms in total. The number of amides is 3. The zero-order valence-corrected chi connectivity index (χ0v) is 17.0. The fourth-order valence-corrected chi connectivity index (χ4v) is 3.44. The average Bonchev–Trinajstić information content (AvgIpc) is 3.17. The number of nitrogens with zero attached hydrogens (tertiary/aromatic N) is 1. The highest BCUT2D eigenvalue weighted by Crippen LogP contribution is 2.22. The molecule has 3 rings (SSSR count). The molecular formula is C19H17BrClN3O4. The highest BCUT2D eigenvalue weighted by molar-refractivity contribution is 9.10. The Bertz CT molecular complexity index is 920. The monoisotopic (exact) mass is 465 g/mol. The zero-order valence-electron chi connectivity index (χ0n) is 14.6. The van der Waals surface area contributed by atoms with Crippen LogP contribution in [-0.4, -0.2) is 40.3 Å². The number of halogens is 2. The number of likely N-dealkylation sites (tertiary alicyclic amines) is 1. The predicted octanol–water partition coefficient (Wildman–Crippen LogP) is 2.87. The van der Waals surface area contributed by atoms with E-state index in [1.807, 2.05) is 0 Å². The third-order valence-electron chi connectivity index (χ3n) is 4.41. The first-order valence-corrected chi connectivity index (χ1v) is 9.69. The fraction of sp³-hybridized carbons (Fsp3) is 0.211. The Morgan fingerprint density at radius 1 is 1.11 bits per heavy atom. The van der Waals surface area contributed by atoms with Crippen molar-refractivity contribution in [1.82, 2.24) is 15.8 Å². The van der Waals surface area contributed by atoms with Gasteiger partial charge in [-0.05, 0) is 55.3 Å². The van der Waals surface area contributed by atoms with Crippen LogP contribution in [0.4, 0.5) is 0 Å². The van der Waals surface area contributed by atoms with Crippen LogP contribution in [0.2, 0.25) is 5.02 Å². The smallest absolute Gasteiger partial charge is 0.273 e. The Kier molecular flexibility index (Phi) is 6.21. The van der Waals surface area contributed by atoms with E-state index < -0.39 is 17.9 Å². The number of hydrogen-bond donors (Lipinski definition) is 3. The topological polar surface area (TPSA) is 98.7 Å². The van der Waals surface area contributed by atoms with Crippen molar-refractivity contribution < 1.29 is 19.5 Å². The normalized spacial score (nSPS) is 15.9. The lowest BCUT2D eigenvalue weighted by Gasteiger charge is -2.24. The van der Waals surface area contributed by atoms with Gasteiger partial charge in [-0.25, -0.2) is 0 Å². The maximum Gasteiger partial charge on any atom is 0.273 e. The Labute approximate surface area is 174 Å². The molecule has 3 amide bonds. The Morgan fingerprint density at radius 2 is 1.82 bits per heavy atom. The molecule has 146 valence electrons. The molecule has 1 aliphatic heterocycles. The molecule has 1 fully saturated rings. The van der Waals surface area contributed by atoms with Crippen LogP contribution in [0.15, 0.2) is 46.9 Å². The summed E-state index contributed by atoms with van der Waals surface area (Å²) >= 11 is 9.14. The van der Waals surface area contributed by atoms with E-state index in [1.54, 1.807) is 24.3 Å². The summed E-state index contributed by atoms with van der Waals surface area (Å²) in [5.74, 6) is -1.72. The second-order valence-electron chi connectivity index (χ2n) is 6.27. The number of phenolic OH excluding ortho intramolecular Hbond substituents is 1. The standard InChI is InChI=1S/C19H17BrClN3O4/c20-12-5-3-11(4-6-12)19(28)24-9-1-2-15(24)18(27)23-22-17(26)14-10-13(21)7-8-16(14)25/h3-8,10,15,25H,1-2,9H2,(H,22,26)(H,23,27). The minimum absolute atomic E-state index is 0.0676. The van der Waals surface area contributed by atoms with E-state index in [2.05, 4.69) is 26.8 Å². The van der Waals surface area contributed by atoms with Gasteiger partial charge in [0, 0.05) is 21.6 Å². The van der Waals surface area contributed by atoms with Gasteiger partial charge in [0.15, 0.2) is 0 Å². The van der Waals surface area contributed by atoms with Gasteiger partial charge in [0.25, 0.3) is 17.7 Å². The number of hydrogen-bond acceptors (Lipinski definition) is 4. The zero-order chi connectivity index (χ0) is 20.3. The van der Waals surface area contributed by atoms with Crippen molar-refractivity contribution in [3.63, 3.8) is 0 Å². The first-order chi connectivity index (χ1) is 13.4. The van der Waals surface area contributed by atoms with Crippen LogP contribution in [0.25, 0.3) is 0 Å². The van der Waals surface area contributed by atoms with Gasteiger partial charge in [0.2, 0.25) is 0 Å². The Morgan fingerprint density at radius 3 is 2.54 bits per heavy atom. The summed E-state index contributed by atoms with van der Waals surface area (Å²) in [5, 5.41) is 10.0. The highest BCUT2D eigenvalue weighted by Gasteiger charge is 2.34. The molecular weight excluding hydrogens is 450 g/mol. The molecule has 28 heavy (non-hydrogen) atoms. The lowest BCUT2D eigenvalue weighted by atomic mass is 10.1. The van der Waals surface area contributed by atoms with E-state index in [0.717, 1.165) is 4.47 Å². The van der Waals surface area contributed by atoms with Gasteiger partial charge in [-0.1, -0.05) is 27.5 Å². The quantitative estimate of drug-likeness (QED) is 0.606. The molecule has 0 saturated carbocycles. The predicted molar refractivity (Wildman–Crippen MR) is 107 cm³/mol. The second kappa shape index (κ2) is 8.62. The van der Waals surface area contributed by atoms with Crippen molar-refractivity contribution in [2.45, 2.75) is 18.9 Å². The number of nitrogens with one attached hydrogen (secondary N) is 2. The summed E-state index contributed by atoms with van der Waals surface area (Å²) in [7, 11) is 0. The lowest BCUT2D eigenvalue weighted by molar-refractivity contribution is -0.125. The molecule has 9 heteroatoms. The van der Waals surface area contributed by atoms with Gasteiger partial charge in [0.1, 0.15) is 11.8 Å². The van der Waals surface area contributed by atoms with Crippen LogP contribution in [0.3, 0.4) is 0 Å². The van der Waals surface area contributed by atoms with Crippen LogP contribution in [0.1, 0.15) is 33.6 Å². The van der Waals surface area contributed by atoms with Gasteiger partial charge in [-0.15, -0.1) is 0 Å². The van der Waals surface area contributed by atoms with Crippen LogP contribution < -0.4 is 10.9 Å². The van der Waals surface area contributed by atoms with E-state index in [0.29, 0.717) is 24.9 Å². The second-order valence-corrected chi connectivity index (χ2v) is 7.62. The SMILES string of the molecule is O=C(NNC(=O)C1CCCN1C(=O)c1ccc(Br)cc1)c1cc(Cl)ccc1O. The molecule has 1 unspecified atom stereocenters. The molecule has 1 atom stereocenters. The van der Waals surface area contributed by atoms with Gasteiger partial charge in [-0.2, -0.15) is 0 Å². The number of hydrazine groups is 1. The lowest BCUT2D eigenvalue weighted by Crippen LogP contribution is -2.51. The van der Waals surface area contributed by atoms with E-state index in [4.69, 9.17) is 11.6 Å². The number of phenols is 1. The van der Waals surface area contributed by atoms with Crippen molar-refractivity contribution in [2.24, 2.45) is 0 Å². The van der Waals surface area contributed by atoms with Gasteiger partial charge >= 0.3 is 0 Å². The van der Waals surface area contributed by atoms with Crippen LogP contribution in [-0.2, 0) is 4.79 Å². The molecule has 1 saturated heterocycles. The van der Waals surface area contributed by atoms with E-state index >= 15 is 0 Å². The van der Waals surface area contributed by atoms with Crippen molar-refractivity contribution >= 4 is 45.3 Å². The summed E-state index contributed by atoms with van der Waals surface area (Å²) < 4.78 is 0.853. The first kappa shape index (κ1) is 20.2. The summed E-state index contributed by atoms with van der Waals surface area (Å²) in [6.07, 6.45) is 1.18. The molecule has 0 aliphatic carbocycles. The van der Waals surface area contributed by atoms with Crippen LogP contribution in [0.5, 0.6) is 5.75 Å². The molecule has 2 aromatic rings. The van der Waals surface area contributed by atoms with Gasteiger partial charge in [-0.3, -0.25) is 25.2 Å². The third kappa shape index (κ3) is 4.45. The summed E-state index contributed by atoms with van der Waals surface area (Å²) in [6, 6.07) is 10.2. The Balaban J connectivity index is 1.64. The molecule has 2 aromatic carbocycles. The number of rotatable bonds is 3. The average molecular weight is 467 g/mol. The minimum Gasteiger partial charge on any atom is -0.507 e. The van der Waals surface area contributed by atoms with E-state index in [9.17, 15) is 19.5 Å². The molecule has 1 heterocycles. The summed E-state index contributed by atoms with van der Waals surface area (Å²) in [4.78, 5) is 38.9. The fourth-order valence-electron chi connectivity index (χ4n) is 3.00. The van der Waals surface area contributed by atoms with Crippen molar-refractivity contribution in [3.8, 4) is 5.75 Å². The molecule has 0 spiro atoms. The molecule has 0 aromatic heterocycles. The van der Waals surface area contributed by atoms with E-state index in [-0.39, 0.29) is 22.2 Å². The minimum atomic E-state index is -0.711. The molecule has 0 bridgehead atoms. The number of benzene rings is 2. The first-order valence-electron chi connectivity index (χ1n) is 8.52. The largest absolute Gasteiger partial charge is 0.507 e. The third-order valence-corrected chi connectivity index (χ3v) is 5.17. The number of carbonyl (C=O) groups excluding carboxylic acids is 3. The van der Waals surface area contributed by atoms with Crippen molar-refractivity contribution in [1.29, 1.82) is 0 Å². The van der Waals surface area contributed by atoms with Crippen LogP contribution >= 0.6 is 27.5 Å². The number of carbonyl (C=O) groups is 3. The van der Waals surface area contributed by atoms with Gasteiger partial charge < -0.3 is 10.0 Å². The molecule has 1 aliphatic rings. The van der Waals surface area contributed by atoms with Crippen molar-refractivity contribution in [2.75, 3.05) is 6.54 Å². The summed E-state index contributed by atoms with van der Waals surface area (Å²) in [6.45, 7) is 0.454. The number of aromatic hydroxyl groups is 1. The summed E-state index contributed by atoms with van der Waals surface area (Å²) in [5.41, 5.74) is 4.98. The van der Waals surface area contributed by atoms with E-state index in [1.165, 1.54) is 23.1 Å². The molecule has 0 radical (unpaired) electrons. The maximum absolute atomic E-state index is 12.7.